The molecule has 0 aromatic heterocycles. The maximum Gasteiger partial charge on any atom is 0.307 e. The maximum absolute atomic E-state index is 11.8. The second-order valence-corrected chi connectivity index (χ2v) is 4.09. The van der Waals surface area contributed by atoms with Gasteiger partial charge in [0.05, 0.1) is 27.2 Å². The second kappa shape index (κ2) is 8.57. The van der Waals surface area contributed by atoms with E-state index in [2.05, 4.69) is 15.4 Å². The summed E-state index contributed by atoms with van der Waals surface area (Å²) in [5, 5.41) is 4.98. The minimum Gasteiger partial charge on any atom is -0.497 e. The van der Waals surface area contributed by atoms with Gasteiger partial charge in [-0.2, -0.15) is 0 Å². The summed E-state index contributed by atoms with van der Waals surface area (Å²) in [5.41, 5.74) is 0.429. The van der Waals surface area contributed by atoms with Gasteiger partial charge in [0, 0.05) is 12.1 Å². The Bertz CT molecular complexity index is 499. The van der Waals surface area contributed by atoms with Crippen molar-refractivity contribution >= 4 is 17.8 Å². The Balaban J connectivity index is 2.31. The number of nitrogens with one attached hydrogen (secondary N) is 2. The molecule has 0 unspecified atom stereocenters. The first-order valence-corrected chi connectivity index (χ1v) is 6.32. The average Bonchev–Trinajstić information content (AvgIpc) is 2.52. The zero-order chi connectivity index (χ0) is 15.7. The van der Waals surface area contributed by atoms with E-state index >= 15 is 0 Å². The number of esters is 1. The number of benzene rings is 1. The van der Waals surface area contributed by atoms with Crippen LogP contribution < -0.4 is 15.4 Å². The van der Waals surface area contributed by atoms with Gasteiger partial charge in [0.25, 0.3) is 5.91 Å². The van der Waals surface area contributed by atoms with Gasteiger partial charge in [-0.05, 0) is 24.3 Å². The van der Waals surface area contributed by atoms with Crippen LogP contribution >= 0.6 is 0 Å². The van der Waals surface area contributed by atoms with Crippen LogP contribution in [0.1, 0.15) is 16.8 Å². The quantitative estimate of drug-likeness (QED) is 0.696. The Morgan fingerprint density at radius 2 is 1.71 bits per heavy atom. The number of carbonyl (C=O) groups excluding carboxylic acids is 3. The lowest BCUT2D eigenvalue weighted by molar-refractivity contribution is -0.140. The third-order valence-corrected chi connectivity index (χ3v) is 2.64. The van der Waals surface area contributed by atoms with Gasteiger partial charge in [-0.3, -0.25) is 14.4 Å². The van der Waals surface area contributed by atoms with Gasteiger partial charge in [0.15, 0.2) is 0 Å². The number of hydrogen-bond donors (Lipinski definition) is 2. The van der Waals surface area contributed by atoms with Crippen LogP contribution in [0.15, 0.2) is 24.3 Å². The van der Waals surface area contributed by atoms with E-state index in [4.69, 9.17) is 4.74 Å². The molecular formula is C14H18N2O5. The van der Waals surface area contributed by atoms with Crippen molar-refractivity contribution in [1.82, 2.24) is 10.6 Å². The van der Waals surface area contributed by atoms with E-state index in [1.165, 1.54) is 14.2 Å². The van der Waals surface area contributed by atoms with Crippen LogP contribution in [-0.2, 0) is 14.3 Å². The van der Waals surface area contributed by atoms with Gasteiger partial charge >= 0.3 is 5.97 Å². The summed E-state index contributed by atoms with van der Waals surface area (Å²) >= 11 is 0. The molecule has 2 N–H and O–H groups in total. The highest BCUT2D eigenvalue weighted by Crippen LogP contribution is 2.10. The number of amides is 2. The van der Waals surface area contributed by atoms with Crippen LogP contribution in [0.4, 0.5) is 0 Å². The molecule has 21 heavy (non-hydrogen) atoms. The molecular weight excluding hydrogens is 276 g/mol. The minimum atomic E-state index is -0.405. The van der Waals surface area contributed by atoms with E-state index in [-0.39, 0.29) is 31.3 Å². The summed E-state index contributed by atoms with van der Waals surface area (Å²) in [6, 6.07) is 6.52. The predicted molar refractivity (Wildman–Crippen MR) is 75.0 cm³/mol. The molecule has 0 atom stereocenters. The zero-order valence-corrected chi connectivity index (χ0v) is 12.0. The van der Waals surface area contributed by atoms with E-state index in [1.54, 1.807) is 24.3 Å². The molecule has 0 aliphatic carbocycles. The normalized spacial score (nSPS) is 9.62. The van der Waals surface area contributed by atoms with Crippen LogP contribution in [0.2, 0.25) is 0 Å². The zero-order valence-electron chi connectivity index (χ0n) is 12.0. The molecule has 1 aromatic carbocycles. The summed E-state index contributed by atoms with van der Waals surface area (Å²) in [6.07, 6.45) is 0.0919. The molecule has 0 aliphatic heterocycles. The van der Waals surface area contributed by atoms with Crippen LogP contribution in [0, 0.1) is 0 Å². The predicted octanol–water partition coefficient (Wildman–Crippen LogP) is 0.104. The molecule has 114 valence electrons. The lowest BCUT2D eigenvalue weighted by Gasteiger charge is -2.07. The van der Waals surface area contributed by atoms with Crippen LogP contribution in [0.3, 0.4) is 0 Å². The smallest absolute Gasteiger partial charge is 0.307 e. The molecule has 0 bridgehead atoms. The summed E-state index contributed by atoms with van der Waals surface area (Å²) in [5.74, 6) is -0.494. The topological polar surface area (TPSA) is 93.7 Å². The Labute approximate surface area is 122 Å². The fourth-order valence-electron chi connectivity index (χ4n) is 1.47. The van der Waals surface area contributed by atoms with Gasteiger partial charge in [-0.1, -0.05) is 0 Å². The van der Waals surface area contributed by atoms with Crippen molar-refractivity contribution in [2.45, 2.75) is 6.42 Å². The van der Waals surface area contributed by atoms with E-state index in [0.29, 0.717) is 11.3 Å². The highest BCUT2D eigenvalue weighted by atomic mass is 16.5. The molecule has 0 heterocycles. The van der Waals surface area contributed by atoms with Gasteiger partial charge in [0.1, 0.15) is 5.75 Å². The number of ether oxygens (including phenoxy) is 2. The fraction of sp³-hybridized carbons (Fsp3) is 0.357. The van der Waals surface area contributed by atoms with E-state index in [0.717, 1.165) is 0 Å². The Morgan fingerprint density at radius 1 is 1.05 bits per heavy atom. The van der Waals surface area contributed by atoms with Crippen LogP contribution in [0.5, 0.6) is 5.75 Å². The number of carbonyl (C=O) groups is 3. The first-order valence-electron chi connectivity index (χ1n) is 6.32. The Hall–Kier alpha value is -2.57. The molecule has 0 saturated heterocycles. The Morgan fingerprint density at radius 3 is 2.29 bits per heavy atom. The highest BCUT2D eigenvalue weighted by molar-refractivity contribution is 5.96. The maximum atomic E-state index is 11.8. The summed E-state index contributed by atoms with van der Waals surface area (Å²) in [7, 11) is 2.81. The molecule has 0 fully saturated rings. The Kier molecular flexibility index (Phi) is 6.73. The minimum absolute atomic E-state index is 0.0919. The first-order chi connectivity index (χ1) is 10.1. The largest absolute Gasteiger partial charge is 0.497 e. The summed E-state index contributed by atoms with van der Waals surface area (Å²) < 4.78 is 9.42. The molecule has 1 aromatic rings. The molecule has 7 heteroatoms. The van der Waals surface area contributed by atoms with E-state index < -0.39 is 5.97 Å². The fourth-order valence-corrected chi connectivity index (χ4v) is 1.47. The lowest BCUT2D eigenvalue weighted by atomic mass is 10.2. The average molecular weight is 294 g/mol. The number of methoxy groups -OCH3 is 2. The molecule has 7 nitrogen and oxygen atoms in total. The van der Waals surface area contributed by atoms with Gasteiger partial charge in [-0.25, -0.2) is 0 Å². The molecule has 0 spiro atoms. The lowest BCUT2D eigenvalue weighted by Crippen LogP contribution is -2.37. The van der Waals surface area contributed by atoms with Crippen LogP contribution in [-0.4, -0.2) is 45.1 Å². The van der Waals surface area contributed by atoms with Crippen molar-refractivity contribution in [1.29, 1.82) is 0 Å². The van der Waals surface area contributed by atoms with Crippen molar-refractivity contribution in [2.75, 3.05) is 27.3 Å². The molecule has 0 saturated carbocycles. The summed E-state index contributed by atoms with van der Waals surface area (Å²) in [4.78, 5) is 34.1. The van der Waals surface area contributed by atoms with Crippen LogP contribution in [0.25, 0.3) is 0 Å². The molecule has 0 radical (unpaired) electrons. The first kappa shape index (κ1) is 16.5. The molecule has 0 aliphatic rings. The van der Waals surface area contributed by atoms with Crippen molar-refractivity contribution in [3.8, 4) is 5.75 Å². The molecule has 1 rings (SSSR count). The van der Waals surface area contributed by atoms with Gasteiger partial charge in [0.2, 0.25) is 5.91 Å². The highest BCUT2D eigenvalue weighted by Gasteiger charge is 2.08. The van der Waals surface area contributed by atoms with Gasteiger partial charge in [-0.15, -0.1) is 0 Å². The van der Waals surface area contributed by atoms with Crippen molar-refractivity contribution < 1.29 is 23.9 Å². The van der Waals surface area contributed by atoms with Crippen molar-refractivity contribution in [2.24, 2.45) is 0 Å². The second-order valence-electron chi connectivity index (χ2n) is 4.09. The van der Waals surface area contributed by atoms with Crippen molar-refractivity contribution in [3.05, 3.63) is 29.8 Å². The monoisotopic (exact) mass is 294 g/mol. The number of hydrogen-bond acceptors (Lipinski definition) is 5. The third kappa shape index (κ3) is 5.94. The third-order valence-electron chi connectivity index (χ3n) is 2.64. The van der Waals surface area contributed by atoms with E-state index in [9.17, 15) is 14.4 Å². The van der Waals surface area contributed by atoms with Gasteiger partial charge < -0.3 is 20.1 Å². The summed E-state index contributed by atoms with van der Waals surface area (Å²) in [6.45, 7) is 0.00987. The SMILES string of the molecule is COC(=O)CCNC(=O)CNC(=O)c1ccc(OC)cc1. The van der Waals surface area contributed by atoms with Crippen molar-refractivity contribution in [3.63, 3.8) is 0 Å². The molecule has 2 amide bonds. The standard InChI is InChI=1S/C14H18N2O5/c1-20-11-5-3-10(4-6-11)14(19)16-9-12(17)15-8-7-13(18)21-2/h3-6H,7-9H2,1-2H3,(H,15,17)(H,16,19). The number of rotatable bonds is 7. The van der Waals surface area contributed by atoms with E-state index in [1.807, 2.05) is 0 Å².